The monoisotopic (exact) mass is 321 g/mol. The quantitative estimate of drug-likeness (QED) is 0.854. The Hall–Kier alpha value is -1.85. The molecule has 1 fully saturated rings. The van der Waals surface area contributed by atoms with Crippen molar-refractivity contribution >= 4 is 33.0 Å². The minimum Gasteiger partial charge on any atom is -0.290 e. The first kappa shape index (κ1) is 14.1. The second-order valence-electron chi connectivity index (χ2n) is 4.81. The lowest BCUT2D eigenvalue weighted by Gasteiger charge is -2.24. The number of nitrogens with zero attached hydrogens (tertiary/aromatic N) is 1. The number of hydrogen-bond donors (Lipinski definition) is 0. The van der Waals surface area contributed by atoms with E-state index < -0.39 is 26.9 Å². The molecule has 1 aliphatic heterocycles. The number of anilines is 1. The van der Waals surface area contributed by atoms with Gasteiger partial charge in [-0.3, -0.25) is 9.69 Å². The Morgan fingerprint density at radius 2 is 1.76 bits per heavy atom. The van der Waals surface area contributed by atoms with Gasteiger partial charge in [0, 0.05) is 10.7 Å². The van der Waals surface area contributed by atoms with Gasteiger partial charge in [0.25, 0.3) is 0 Å². The first-order chi connectivity index (χ1) is 9.99. The van der Waals surface area contributed by atoms with E-state index in [0.717, 1.165) is 0 Å². The Balaban J connectivity index is 2.15. The zero-order chi connectivity index (χ0) is 15.0. The molecule has 108 valence electrons. The summed E-state index contributed by atoms with van der Waals surface area (Å²) in [7, 11) is -3.57. The van der Waals surface area contributed by atoms with Crippen LogP contribution in [0.2, 0.25) is 5.02 Å². The number of amides is 1. The molecule has 1 atom stereocenters. The molecule has 1 heterocycles. The van der Waals surface area contributed by atoms with Gasteiger partial charge in [-0.1, -0.05) is 48.0 Å². The van der Waals surface area contributed by atoms with Crippen molar-refractivity contribution in [2.24, 2.45) is 0 Å². The van der Waals surface area contributed by atoms with Gasteiger partial charge in [0.15, 0.2) is 15.2 Å². The predicted molar refractivity (Wildman–Crippen MR) is 81.9 cm³/mol. The molecule has 0 N–H and O–H groups in total. The third kappa shape index (κ3) is 2.54. The highest BCUT2D eigenvalue weighted by Gasteiger charge is 2.45. The van der Waals surface area contributed by atoms with Gasteiger partial charge < -0.3 is 0 Å². The number of carbonyl (C=O) groups is 1. The molecule has 0 spiro atoms. The van der Waals surface area contributed by atoms with Crippen molar-refractivity contribution < 1.29 is 13.2 Å². The maximum Gasteiger partial charge on any atom is 0.243 e. The normalized spacial score (nSPS) is 20.7. The molecular weight excluding hydrogens is 310 g/mol. The zero-order valence-corrected chi connectivity index (χ0v) is 12.5. The summed E-state index contributed by atoms with van der Waals surface area (Å²) in [5.74, 6) is -0.926. The second kappa shape index (κ2) is 5.16. The highest BCUT2D eigenvalue weighted by molar-refractivity contribution is 7.93. The van der Waals surface area contributed by atoms with Gasteiger partial charge in [-0.15, -0.1) is 0 Å². The molecule has 2 aromatic rings. The molecule has 4 nitrogen and oxygen atoms in total. The fourth-order valence-corrected chi connectivity index (χ4v) is 4.45. The molecular formula is C15H12ClNO3S. The van der Waals surface area contributed by atoms with Crippen molar-refractivity contribution in [1.29, 1.82) is 0 Å². The van der Waals surface area contributed by atoms with Gasteiger partial charge in [-0.2, -0.15) is 0 Å². The molecule has 1 unspecified atom stereocenters. The maximum absolute atomic E-state index is 12.3. The van der Waals surface area contributed by atoms with Gasteiger partial charge in [-0.25, -0.2) is 8.42 Å². The number of carbonyl (C=O) groups excluding carboxylic acids is 1. The summed E-state index contributed by atoms with van der Waals surface area (Å²) in [6, 6.07) is 15.4. The van der Waals surface area contributed by atoms with E-state index in [1.165, 1.54) is 4.90 Å². The number of hydrogen-bond acceptors (Lipinski definition) is 3. The lowest BCUT2D eigenvalue weighted by molar-refractivity contribution is -0.115. The van der Waals surface area contributed by atoms with E-state index >= 15 is 0 Å². The largest absolute Gasteiger partial charge is 0.290 e. The highest BCUT2D eigenvalue weighted by atomic mass is 35.5. The molecule has 0 bridgehead atoms. The van der Waals surface area contributed by atoms with Crippen molar-refractivity contribution in [3.05, 3.63) is 65.2 Å². The van der Waals surface area contributed by atoms with Gasteiger partial charge in [0.2, 0.25) is 5.91 Å². The van der Waals surface area contributed by atoms with E-state index in [4.69, 9.17) is 11.6 Å². The summed E-state index contributed by atoms with van der Waals surface area (Å²) in [5.41, 5.74) is 1.06. The van der Waals surface area contributed by atoms with Crippen LogP contribution < -0.4 is 4.90 Å². The smallest absolute Gasteiger partial charge is 0.243 e. The zero-order valence-electron chi connectivity index (χ0n) is 10.9. The molecule has 0 aromatic heterocycles. The molecule has 3 rings (SSSR count). The number of sulfone groups is 1. The summed E-state index contributed by atoms with van der Waals surface area (Å²) in [4.78, 5) is 13.5. The molecule has 0 saturated carbocycles. The Morgan fingerprint density at radius 1 is 1.05 bits per heavy atom. The topological polar surface area (TPSA) is 54.5 Å². The molecule has 0 aliphatic carbocycles. The van der Waals surface area contributed by atoms with Crippen molar-refractivity contribution in [2.45, 2.75) is 5.37 Å². The lowest BCUT2D eigenvalue weighted by Crippen LogP contribution is -2.29. The number of rotatable bonds is 2. The first-order valence-corrected chi connectivity index (χ1v) is 8.42. The molecule has 6 heteroatoms. The molecule has 21 heavy (non-hydrogen) atoms. The summed E-state index contributed by atoms with van der Waals surface area (Å²) in [6.45, 7) is 0. The maximum atomic E-state index is 12.3. The lowest BCUT2D eigenvalue weighted by atomic mass is 10.2. The van der Waals surface area contributed by atoms with Crippen LogP contribution in [-0.2, 0) is 14.6 Å². The van der Waals surface area contributed by atoms with Crippen molar-refractivity contribution in [3.63, 3.8) is 0 Å². The molecule has 2 aromatic carbocycles. The van der Waals surface area contributed by atoms with Crippen LogP contribution >= 0.6 is 11.6 Å². The summed E-state index contributed by atoms with van der Waals surface area (Å²) >= 11 is 5.95. The Labute approximate surface area is 127 Å². The fraction of sp³-hybridized carbons (Fsp3) is 0.133. The first-order valence-electron chi connectivity index (χ1n) is 6.33. The van der Waals surface area contributed by atoms with Crippen LogP contribution in [0.5, 0.6) is 0 Å². The molecule has 1 saturated heterocycles. The van der Waals surface area contributed by atoms with Crippen LogP contribution in [0.25, 0.3) is 0 Å². The van der Waals surface area contributed by atoms with Crippen LogP contribution in [0.1, 0.15) is 10.9 Å². The molecule has 0 radical (unpaired) electrons. The SMILES string of the molecule is O=C1CS(=O)(=O)C(c2ccccc2)N1c1cccc(Cl)c1. The van der Waals surface area contributed by atoms with Crippen molar-refractivity contribution in [2.75, 3.05) is 10.7 Å². The number of benzene rings is 2. The average molecular weight is 322 g/mol. The van der Waals surface area contributed by atoms with Crippen LogP contribution in [0.3, 0.4) is 0 Å². The number of halogens is 1. The predicted octanol–water partition coefficient (Wildman–Crippen LogP) is 2.80. The third-order valence-electron chi connectivity index (χ3n) is 3.34. The Morgan fingerprint density at radius 3 is 2.43 bits per heavy atom. The van der Waals surface area contributed by atoms with Crippen LogP contribution in [0.15, 0.2) is 54.6 Å². The van der Waals surface area contributed by atoms with Crippen molar-refractivity contribution in [1.82, 2.24) is 0 Å². The van der Waals surface area contributed by atoms with E-state index in [1.807, 2.05) is 0 Å². The Bertz CT molecular complexity index is 790. The van der Waals surface area contributed by atoms with E-state index in [1.54, 1.807) is 54.6 Å². The van der Waals surface area contributed by atoms with Gasteiger partial charge in [-0.05, 0) is 23.8 Å². The molecule has 1 amide bonds. The standard InChI is InChI=1S/C15H12ClNO3S/c16-12-7-4-8-13(9-12)17-14(18)10-21(19,20)15(17)11-5-2-1-3-6-11/h1-9,15H,10H2. The van der Waals surface area contributed by atoms with E-state index in [2.05, 4.69) is 0 Å². The average Bonchev–Trinajstić information content (AvgIpc) is 2.69. The minimum absolute atomic E-state index is 0.439. The van der Waals surface area contributed by atoms with E-state index in [0.29, 0.717) is 16.3 Å². The van der Waals surface area contributed by atoms with Gasteiger partial charge in [0.05, 0.1) is 0 Å². The Kier molecular flexibility index (Phi) is 3.47. The van der Waals surface area contributed by atoms with Crippen LogP contribution in [-0.4, -0.2) is 20.1 Å². The summed E-state index contributed by atoms with van der Waals surface area (Å²) in [5, 5.41) is -0.541. The van der Waals surface area contributed by atoms with Gasteiger partial charge >= 0.3 is 0 Å². The fourth-order valence-electron chi connectivity index (χ4n) is 2.49. The van der Waals surface area contributed by atoms with Crippen molar-refractivity contribution in [3.8, 4) is 0 Å². The van der Waals surface area contributed by atoms with Gasteiger partial charge in [0.1, 0.15) is 5.75 Å². The minimum atomic E-state index is -3.57. The summed E-state index contributed by atoms with van der Waals surface area (Å²) < 4.78 is 24.7. The highest BCUT2D eigenvalue weighted by Crippen LogP contribution is 2.37. The molecule has 1 aliphatic rings. The van der Waals surface area contributed by atoms with E-state index in [9.17, 15) is 13.2 Å². The van der Waals surface area contributed by atoms with E-state index in [-0.39, 0.29) is 0 Å². The third-order valence-corrected chi connectivity index (χ3v) is 5.39. The summed E-state index contributed by atoms with van der Waals surface area (Å²) in [6.07, 6.45) is 0. The van der Waals surface area contributed by atoms with Crippen LogP contribution in [0, 0.1) is 0 Å². The second-order valence-corrected chi connectivity index (χ2v) is 7.31. The van der Waals surface area contributed by atoms with Crippen LogP contribution in [0.4, 0.5) is 5.69 Å².